The first-order chi connectivity index (χ1) is 11.6. The molecule has 0 aliphatic heterocycles. The number of nitrogens with one attached hydrogen (secondary N) is 2. The Labute approximate surface area is 146 Å². The van der Waals surface area contributed by atoms with Crippen molar-refractivity contribution in [2.75, 3.05) is 5.32 Å². The number of hydrogen-bond donors (Lipinski definition) is 2. The summed E-state index contributed by atoms with van der Waals surface area (Å²) in [5.74, 6) is 0.205. The van der Waals surface area contributed by atoms with E-state index in [2.05, 4.69) is 10.6 Å². The number of rotatable bonds is 6. The Balaban J connectivity index is 1.51. The van der Waals surface area contributed by atoms with Gasteiger partial charge in [-0.15, -0.1) is 0 Å². The minimum absolute atomic E-state index is 0.0512. The second kappa shape index (κ2) is 7.49. The van der Waals surface area contributed by atoms with Gasteiger partial charge in [-0.3, -0.25) is 9.59 Å². The molecule has 1 fully saturated rings. The average Bonchev–Trinajstić information content (AvgIpc) is 3.41. The number of anilines is 1. The summed E-state index contributed by atoms with van der Waals surface area (Å²) in [6.45, 7) is 0.430. The minimum atomic E-state index is -0.0512. The summed E-state index contributed by atoms with van der Waals surface area (Å²) in [4.78, 5) is 23.8. The minimum Gasteiger partial charge on any atom is -0.352 e. The normalized spacial score (nSPS) is 13.4. The van der Waals surface area contributed by atoms with Crippen LogP contribution < -0.4 is 10.6 Å². The quantitative estimate of drug-likeness (QED) is 0.843. The van der Waals surface area contributed by atoms with Gasteiger partial charge in [-0.25, -0.2) is 0 Å². The number of benzene rings is 2. The molecule has 0 saturated heterocycles. The van der Waals surface area contributed by atoms with Gasteiger partial charge in [-0.05, 0) is 48.2 Å². The lowest BCUT2D eigenvalue weighted by Gasteiger charge is -2.09. The monoisotopic (exact) mass is 342 g/mol. The van der Waals surface area contributed by atoms with Crippen LogP contribution in [0.2, 0.25) is 5.02 Å². The van der Waals surface area contributed by atoms with Gasteiger partial charge in [-0.1, -0.05) is 35.9 Å². The van der Waals surface area contributed by atoms with E-state index in [1.165, 1.54) is 0 Å². The third-order valence-corrected chi connectivity index (χ3v) is 4.16. The summed E-state index contributed by atoms with van der Waals surface area (Å²) in [6.07, 6.45) is 2.27. The lowest BCUT2D eigenvalue weighted by Crippen LogP contribution is -2.24. The first kappa shape index (κ1) is 16.5. The van der Waals surface area contributed by atoms with E-state index in [1.54, 1.807) is 12.1 Å². The smallest absolute Gasteiger partial charge is 0.227 e. The summed E-state index contributed by atoms with van der Waals surface area (Å²) >= 11 is 5.83. The van der Waals surface area contributed by atoms with Gasteiger partial charge in [0.05, 0.1) is 6.42 Å². The predicted molar refractivity (Wildman–Crippen MR) is 94.8 cm³/mol. The standard InChI is InChI=1S/C19H19ClN2O2/c20-16-8-4-13(5-9-16)11-18(23)21-12-14-2-1-3-17(10-14)22-19(24)15-6-7-15/h1-5,8-10,15H,6-7,11-12H2,(H,21,23)(H,22,24). The molecule has 2 aromatic carbocycles. The molecule has 0 bridgehead atoms. The molecule has 24 heavy (non-hydrogen) atoms. The van der Waals surface area contributed by atoms with Gasteiger partial charge in [0.1, 0.15) is 0 Å². The maximum absolute atomic E-state index is 12.0. The molecule has 0 aromatic heterocycles. The molecular weight excluding hydrogens is 324 g/mol. The summed E-state index contributed by atoms with van der Waals surface area (Å²) in [5, 5.41) is 6.46. The maximum atomic E-state index is 12.0. The second-order valence-corrected chi connectivity index (χ2v) is 6.48. The second-order valence-electron chi connectivity index (χ2n) is 6.04. The van der Waals surface area contributed by atoms with Gasteiger partial charge < -0.3 is 10.6 Å². The topological polar surface area (TPSA) is 58.2 Å². The highest BCUT2D eigenvalue weighted by atomic mass is 35.5. The lowest BCUT2D eigenvalue weighted by molar-refractivity contribution is -0.120. The van der Waals surface area contributed by atoms with Crippen LogP contribution in [0.1, 0.15) is 24.0 Å². The Morgan fingerprint density at radius 1 is 1.04 bits per heavy atom. The average molecular weight is 343 g/mol. The van der Waals surface area contributed by atoms with Crippen LogP contribution in [0.4, 0.5) is 5.69 Å². The largest absolute Gasteiger partial charge is 0.352 e. The van der Waals surface area contributed by atoms with E-state index in [0.29, 0.717) is 18.0 Å². The molecule has 1 saturated carbocycles. The van der Waals surface area contributed by atoms with Crippen molar-refractivity contribution in [3.05, 3.63) is 64.7 Å². The third kappa shape index (κ3) is 4.83. The summed E-state index contributed by atoms with van der Waals surface area (Å²) in [7, 11) is 0. The first-order valence-electron chi connectivity index (χ1n) is 8.01. The van der Waals surface area contributed by atoms with Gasteiger partial charge in [0.2, 0.25) is 11.8 Å². The number of carbonyl (C=O) groups is 2. The van der Waals surface area contributed by atoms with Gasteiger partial charge in [0.25, 0.3) is 0 Å². The van der Waals surface area contributed by atoms with Crippen molar-refractivity contribution in [2.24, 2.45) is 5.92 Å². The van der Waals surface area contributed by atoms with Crippen molar-refractivity contribution in [3.63, 3.8) is 0 Å². The highest BCUT2D eigenvalue weighted by molar-refractivity contribution is 6.30. The van der Waals surface area contributed by atoms with Gasteiger partial charge in [0.15, 0.2) is 0 Å². The zero-order valence-electron chi connectivity index (χ0n) is 13.2. The molecule has 3 rings (SSSR count). The summed E-state index contributed by atoms with van der Waals surface area (Å²) in [5.41, 5.74) is 2.65. The van der Waals surface area contributed by atoms with Crippen LogP contribution in [-0.2, 0) is 22.6 Å². The lowest BCUT2D eigenvalue weighted by atomic mass is 10.1. The molecule has 1 aliphatic rings. The fourth-order valence-electron chi connectivity index (χ4n) is 2.40. The molecular formula is C19H19ClN2O2. The zero-order chi connectivity index (χ0) is 16.9. The molecule has 0 unspecified atom stereocenters. The predicted octanol–water partition coefficient (Wildman–Crippen LogP) is 3.55. The van der Waals surface area contributed by atoms with Gasteiger partial charge in [0, 0.05) is 23.2 Å². The fraction of sp³-hybridized carbons (Fsp3) is 0.263. The molecule has 4 nitrogen and oxygen atoms in total. The van der Waals surface area contributed by atoms with Gasteiger partial charge >= 0.3 is 0 Å². The molecule has 2 N–H and O–H groups in total. The van der Waals surface area contributed by atoms with Crippen molar-refractivity contribution in [3.8, 4) is 0 Å². The van der Waals surface area contributed by atoms with Crippen molar-refractivity contribution >= 4 is 29.1 Å². The van der Waals surface area contributed by atoms with E-state index in [4.69, 9.17) is 11.6 Å². The van der Waals surface area contributed by atoms with E-state index >= 15 is 0 Å². The van der Waals surface area contributed by atoms with Crippen molar-refractivity contribution in [2.45, 2.75) is 25.8 Å². The van der Waals surface area contributed by atoms with Crippen LogP contribution in [0.3, 0.4) is 0 Å². The molecule has 2 amide bonds. The van der Waals surface area contributed by atoms with Crippen LogP contribution in [-0.4, -0.2) is 11.8 Å². The van der Waals surface area contributed by atoms with Crippen molar-refractivity contribution < 1.29 is 9.59 Å². The van der Waals surface area contributed by atoms with E-state index in [-0.39, 0.29) is 17.7 Å². The van der Waals surface area contributed by atoms with Crippen LogP contribution in [0, 0.1) is 5.92 Å². The number of carbonyl (C=O) groups excluding carboxylic acids is 2. The van der Waals surface area contributed by atoms with E-state index in [1.807, 2.05) is 36.4 Å². The SMILES string of the molecule is O=C(Cc1ccc(Cl)cc1)NCc1cccc(NC(=O)C2CC2)c1. The van der Waals surface area contributed by atoms with Crippen LogP contribution in [0.5, 0.6) is 0 Å². The Bertz CT molecular complexity index is 739. The highest BCUT2D eigenvalue weighted by Crippen LogP contribution is 2.30. The Morgan fingerprint density at radius 2 is 1.79 bits per heavy atom. The van der Waals surface area contributed by atoms with Crippen LogP contribution in [0.25, 0.3) is 0 Å². The molecule has 124 valence electrons. The maximum Gasteiger partial charge on any atom is 0.227 e. The summed E-state index contributed by atoms with van der Waals surface area (Å²) < 4.78 is 0. The zero-order valence-corrected chi connectivity index (χ0v) is 14.0. The van der Waals surface area contributed by atoms with Crippen molar-refractivity contribution in [1.29, 1.82) is 0 Å². The first-order valence-corrected chi connectivity index (χ1v) is 8.39. The molecule has 1 aliphatic carbocycles. The number of hydrogen-bond acceptors (Lipinski definition) is 2. The van der Waals surface area contributed by atoms with Crippen molar-refractivity contribution in [1.82, 2.24) is 5.32 Å². The number of amides is 2. The Morgan fingerprint density at radius 3 is 2.50 bits per heavy atom. The fourth-order valence-corrected chi connectivity index (χ4v) is 2.53. The van der Waals surface area contributed by atoms with Crippen LogP contribution >= 0.6 is 11.6 Å². The Hall–Kier alpha value is -2.33. The molecule has 0 heterocycles. The van der Waals surface area contributed by atoms with Gasteiger partial charge in [-0.2, -0.15) is 0 Å². The Kier molecular flexibility index (Phi) is 5.16. The van der Waals surface area contributed by atoms with Crippen LogP contribution in [0.15, 0.2) is 48.5 Å². The molecule has 0 spiro atoms. The number of halogens is 1. The summed E-state index contributed by atoms with van der Waals surface area (Å²) in [6, 6.07) is 14.8. The molecule has 0 atom stereocenters. The third-order valence-electron chi connectivity index (χ3n) is 3.91. The van der Waals surface area contributed by atoms with E-state index in [0.717, 1.165) is 29.7 Å². The van der Waals surface area contributed by atoms with E-state index < -0.39 is 0 Å². The van der Waals surface area contributed by atoms with E-state index in [9.17, 15) is 9.59 Å². The molecule has 2 aromatic rings. The molecule has 5 heteroatoms. The highest BCUT2D eigenvalue weighted by Gasteiger charge is 2.29. The molecule has 0 radical (unpaired) electrons.